The van der Waals surface area contributed by atoms with Gasteiger partial charge in [0.15, 0.2) is 0 Å². The van der Waals surface area contributed by atoms with Gasteiger partial charge >= 0.3 is 12.1 Å². The van der Waals surface area contributed by atoms with Gasteiger partial charge in [0.05, 0.1) is 12.7 Å². The Balaban J connectivity index is 2.04. The molecule has 2 rings (SSSR count). The van der Waals surface area contributed by atoms with Crippen molar-refractivity contribution in [1.29, 1.82) is 0 Å². The van der Waals surface area contributed by atoms with Crippen LogP contribution in [0.15, 0.2) is 24.3 Å². The molecular weight excluding hydrogens is 271 g/mol. The highest BCUT2D eigenvalue weighted by atomic mass is 19.4. The molecule has 1 atom stereocenters. The van der Waals surface area contributed by atoms with Crippen LogP contribution in [0.4, 0.5) is 13.2 Å². The van der Waals surface area contributed by atoms with E-state index in [0.29, 0.717) is 6.54 Å². The van der Waals surface area contributed by atoms with Gasteiger partial charge < -0.3 is 4.74 Å². The number of methoxy groups -OCH3 is 1. The maximum absolute atomic E-state index is 12.5. The van der Waals surface area contributed by atoms with Crippen LogP contribution in [0.5, 0.6) is 0 Å². The van der Waals surface area contributed by atoms with Crippen molar-refractivity contribution < 1.29 is 22.7 Å². The second kappa shape index (κ2) is 5.83. The summed E-state index contributed by atoms with van der Waals surface area (Å²) in [5.74, 6) is -0.283. The van der Waals surface area contributed by atoms with Gasteiger partial charge in [0.25, 0.3) is 0 Å². The molecule has 0 radical (unpaired) electrons. The van der Waals surface area contributed by atoms with E-state index in [-0.39, 0.29) is 12.0 Å². The first-order valence-electron chi connectivity index (χ1n) is 6.40. The first kappa shape index (κ1) is 14.8. The number of ether oxygens (including phenoxy) is 1. The average molecular weight is 287 g/mol. The van der Waals surface area contributed by atoms with Gasteiger partial charge in [-0.05, 0) is 37.1 Å². The largest absolute Gasteiger partial charge is 0.468 e. The van der Waals surface area contributed by atoms with Crippen molar-refractivity contribution in [3.8, 4) is 0 Å². The van der Waals surface area contributed by atoms with Crippen LogP contribution in [0, 0.1) is 0 Å². The zero-order valence-corrected chi connectivity index (χ0v) is 11.1. The third kappa shape index (κ3) is 3.30. The molecule has 1 heterocycles. The van der Waals surface area contributed by atoms with Crippen molar-refractivity contribution in [2.75, 3.05) is 13.7 Å². The summed E-state index contributed by atoms with van der Waals surface area (Å²) in [6.45, 7) is 1.21. The molecule has 0 amide bonds. The first-order valence-corrected chi connectivity index (χ1v) is 6.40. The van der Waals surface area contributed by atoms with Crippen molar-refractivity contribution in [3.05, 3.63) is 35.4 Å². The third-order valence-electron chi connectivity index (χ3n) is 3.50. The molecule has 0 bridgehead atoms. The van der Waals surface area contributed by atoms with Gasteiger partial charge in [-0.3, -0.25) is 9.69 Å². The summed E-state index contributed by atoms with van der Waals surface area (Å²) in [5.41, 5.74) is 0.0981. The Bertz CT molecular complexity index is 470. The van der Waals surface area contributed by atoms with Crippen LogP contribution in [0.25, 0.3) is 0 Å². The Morgan fingerprint density at radius 2 is 2.00 bits per heavy atom. The number of esters is 1. The number of carbonyl (C=O) groups excluding carboxylic acids is 1. The zero-order valence-electron chi connectivity index (χ0n) is 11.1. The number of hydrogen-bond donors (Lipinski definition) is 0. The van der Waals surface area contributed by atoms with Gasteiger partial charge in [-0.1, -0.05) is 12.1 Å². The summed E-state index contributed by atoms with van der Waals surface area (Å²) in [6.07, 6.45) is -2.70. The summed E-state index contributed by atoms with van der Waals surface area (Å²) in [6, 6.07) is 4.75. The van der Waals surface area contributed by atoms with Gasteiger partial charge in [-0.25, -0.2) is 0 Å². The number of alkyl halides is 3. The van der Waals surface area contributed by atoms with Gasteiger partial charge in [-0.2, -0.15) is 13.2 Å². The topological polar surface area (TPSA) is 29.5 Å². The highest BCUT2D eigenvalue weighted by molar-refractivity contribution is 5.75. The summed E-state index contributed by atoms with van der Waals surface area (Å²) in [5, 5.41) is 0. The molecule has 1 unspecified atom stereocenters. The molecule has 20 heavy (non-hydrogen) atoms. The fourth-order valence-corrected chi connectivity index (χ4v) is 2.45. The lowest BCUT2D eigenvalue weighted by molar-refractivity contribution is -0.146. The number of likely N-dealkylation sites (tertiary alicyclic amines) is 1. The number of hydrogen-bond acceptors (Lipinski definition) is 3. The summed E-state index contributed by atoms with van der Waals surface area (Å²) in [7, 11) is 1.34. The van der Waals surface area contributed by atoms with E-state index < -0.39 is 11.7 Å². The number of nitrogens with zero attached hydrogens (tertiary/aromatic N) is 1. The molecule has 1 fully saturated rings. The summed E-state index contributed by atoms with van der Waals surface area (Å²) in [4.78, 5) is 13.5. The molecule has 1 saturated heterocycles. The van der Waals surface area contributed by atoms with Crippen LogP contribution in [-0.4, -0.2) is 30.6 Å². The SMILES string of the molecule is COC(=O)C1CCCN1Cc1ccc(C(F)(F)F)cc1. The number of rotatable bonds is 3. The third-order valence-corrected chi connectivity index (χ3v) is 3.50. The van der Waals surface area contributed by atoms with Crippen LogP contribution in [-0.2, 0) is 22.3 Å². The Hall–Kier alpha value is -1.56. The van der Waals surface area contributed by atoms with Crippen molar-refractivity contribution in [3.63, 3.8) is 0 Å². The lowest BCUT2D eigenvalue weighted by Crippen LogP contribution is -2.36. The van der Waals surface area contributed by atoms with E-state index in [1.807, 2.05) is 4.90 Å². The molecule has 0 spiro atoms. The van der Waals surface area contributed by atoms with E-state index in [9.17, 15) is 18.0 Å². The average Bonchev–Trinajstić information content (AvgIpc) is 2.85. The van der Waals surface area contributed by atoms with E-state index in [1.54, 1.807) is 0 Å². The van der Waals surface area contributed by atoms with Crippen LogP contribution in [0.2, 0.25) is 0 Å². The Labute approximate surface area is 115 Å². The second-order valence-electron chi connectivity index (χ2n) is 4.85. The van der Waals surface area contributed by atoms with Gasteiger partial charge in [0, 0.05) is 6.54 Å². The van der Waals surface area contributed by atoms with E-state index >= 15 is 0 Å². The maximum atomic E-state index is 12.5. The first-order chi connectivity index (χ1) is 9.41. The van der Waals surface area contributed by atoms with Crippen molar-refractivity contribution in [2.24, 2.45) is 0 Å². The monoisotopic (exact) mass is 287 g/mol. The molecular formula is C14H16F3NO2. The van der Waals surface area contributed by atoms with E-state index in [4.69, 9.17) is 4.74 Å². The minimum absolute atomic E-state index is 0.283. The molecule has 0 aliphatic carbocycles. The van der Waals surface area contributed by atoms with Gasteiger partial charge in [0.2, 0.25) is 0 Å². The van der Waals surface area contributed by atoms with Crippen molar-refractivity contribution in [1.82, 2.24) is 4.90 Å². The molecule has 1 aromatic carbocycles. The molecule has 6 heteroatoms. The molecule has 0 saturated carbocycles. The maximum Gasteiger partial charge on any atom is 0.416 e. The highest BCUT2D eigenvalue weighted by Crippen LogP contribution is 2.29. The van der Waals surface area contributed by atoms with Crippen molar-refractivity contribution >= 4 is 5.97 Å². The minimum atomic E-state index is -4.32. The van der Waals surface area contributed by atoms with Crippen LogP contribution >= 0.6 is 0 Å². The predicted octanol–water partition coefficient (Wildman–Crippen LogP) is 2.84. The van der Waals surface area contributed by atoms with Crippen LogP contribution < -0.4 is 0 Å². The number of benzene rings is 1. The summed E-state index contributed by atoms with van der Waals surface area (Å²) < 4.78 is 42.1. The number of carbonyl (C=O) groups is 1. The molecule has 1 aliphatic heterocycles. The smallest absolute Gasteiger partial charge is 0.416 e. The zero-order chi connectivity index (χ0) is 14.8. The quantitative estimate of drug-likeness (QED) is 0.801. The van der Waals surface area contributed by atoms with Gasteiger partial charge in [-0.15, -0.1) is 0 Å². The molecule has 0 aromatic heterocycles. The Morgan fingerprint density at radius 3 is 2.55 bits per heavy atom. The minimum Gasteiger partial charge on any atom is -0.468 e. The molecule has 1 aromatic rings. The summed E-state index contributed by atoms with van der Waals surface area (Å²) >= 11 is 0. The van der Waals surface area contributed by atoms with E-state index in [0.717, 1.165) is 37.1 Å². The van der Waals surface area contributed by atoms with Crippen molar-refractivity contribution in [2.45, 2.75) is 31.6 Å². The molecule has 110 valence electrons. The Kier molecular flexibility index (Phi) is 4.32. The normalized spacial score (nSPS) is 20.1. The van der Waals surface area contributed by atoms with Gasteiger partial charge in [0.1, 0.15) is 6.04 Å². The fraction of sp³-hybridized carbons (Fsp3) is 0.500. The van der Waals surface area contributed by atoms with Crippen LogP contribution in [0.3, 0.4) is 0 Å². The Morgan fingerprint density at radius 1 is 1.35 bits per heavy atom. The molecule has 3 nitrogen and oxygen atoms in total. The second-order valence-corrected chi connectivity index (χ2v) is 4.85. The van der Waals surface area contributed by atoms with Crippen LogP contribution in [0.1, 0.15) is 24.0 Å². The lowest BCUT2D eigenvalue weighted by Gasteiger charge is -2.22. The standard InChI is InChI=1S/C14H16F3NO2/c1-20-13(19)12-3-2-8-18(12)9-10-4-6-11(7-5-10)14(15,16)17/h4-7,12H,2-3,8-9H2,1H3. The molecule has 0 N–H and O–H groups in total. The predicted molar refractivity (Wildman–Crippen MR) is 66.9 cm³/mol. The highest BCUT2D eigenvalue weighted by Gasteiger charge is 2.32. The molecule has 1 aliphatic rings. The van der Waals surface area contributed by atoms with E-state index in [2.05, 4.69) is 0 Å². The number of halogens is 3. The lowest BCUT2D eigenvalue weighted by atomic mass is 10.1. The van der Waals surface area contributed by atoms with E-state index in [1.165, 1.54) is 19.2 Å². The fourth-order valence-electron chi connectivity index (χ4n) is 2.45.